The zero-order chi connectivity index (χ0) is 45.1. The Morgan fingerprint density at radius 2 is 1.40 bits per heavy atom. The lowest BCUT2D eigenvalue weighted by Gasteiger charge is -2.31. The molecule has 0 saturated carbocycles. The summed E-state index contributed by atoms with van der Waals surface area (Å²) in [6.07, 6.45) is 2.23. The molecule has 1 saturated heterocycles. The fraction of sp³-hybridized carbons (Fsp3) is 0.667. The Morgan fingerprint density at radius 1 is 0.783 bits per heavy atom. The van der Waals surface area contributed by atoms with Crippen LogP contribution in [0.25, 0.3) is 0 Å². The van der Waals surface area contributed by atoms with Crippen LogP contribution in [0, 0.1) is 17.8 Å². The molecule has 18 nitrogen and oxygen atoms in total. The summed E-state index contributed by atoms with van der Waals surface area (Å²) in [7, 11) is 1.50. The van der Waals surface area contributed by atoms with Crippen molar-refractivity contribution in [3.05, 3.63) is 35.9 Å². The second kappa shape index (κ2) is 25.5. The minimum atomic E-state index is -1.41. The first-order valence-corrected chi connectivity index (χ1v) is 21.0. The lowest BCUT2D eigenvalue weighted by molar-refractivity contribution is -0.135. The number of likely N-dealkylation sites (tertiary alicyclic amines) is 1. The van der Waals surface area contributed by atoms with E-state index in [4.69, 9.17) is 5.73 Å². The summed E-state index contributed by atoms with van der Waals surface area (Å²) < 4.78 is 0. The van der Waals surface area contributed by atoms with Gasteiger partial charge < -0.3 is 48.1 Å². The van der Waals surface area contributed by atoms with E-state index in [0.717, 1.165) is 12.0 Å². The second-order valence-corrected chi connectivity index (χ2v) is 16.5. The van der Waals surface area contributed by atoms with Crippen molar-refractivity contribution in [2.24, 2.45) is 23.5 Å². The van der Waals surface area contributed by atoms with E-state index in [1.54, 1.807) is 0 Å². The Hall–Kier alpha value is -5.10. The number of nitrogens with two attached hydrogens (primary N) is 1. The lowest BCUT2D eigenvalue weighted by atomic mass is 9.96. The lowest BCUT2D eigenvalue weighted by Crippen LogP contribution is -2.59. The molecule has 1 aromatic rings. The number of hydrogen-bond donors (Lipinski definition) is 9. The van der Waals surface area contributed by atoms with Gasteiger partial charge in [-0.05, 0) is 62.0 Å². The standard InChI is InChI=1S/C42H69N9O9/c1-9-26(6)36(42(60)49-35(25(4)5)41(59)44-8)50-40(58)33-16-13-18-51(33)19-17-29(21-28-14-11-10-12-15-28)46-37(55)31(22-34(43)54)48-38(56)30(20-24(2)3)47-39(57)32(23-52)45-27(7)53/h10-12,14-15,24-26,29-33,35-36,52H,9,13,16-23H2,1-8H3,(H2,43,54)(H,44,59)(H,45,53)(H,46,55)(H,47,57)(H,48,56)(H,49,60)(H,50,58)/t26-,29+,30-,31-,32-,33-,35-,36-/m0/s1. The van der Waals surface area contributed by atoms with E-state index in [-0.39, 0.29) is 36.0 Å². The van der Waals surface area contributed by atoms with Gasteiger partial charge in [0.25, 0.3) is 0 Å². The molecule has 0 spiro atoms. The van der Waals surface area contributed by atoms with Crippen LogP contribution in [0.15, 0.2) is 30.3 Å². The van der Waals surface area contributed by atoms with Crippen LogP contribution >= 0.6 is 0 Å². The van der Waals surface area contributed by atoms with Gasteiger partial charge in [0.1, 0.15) is 30.2 Å². The number of nitrogens with one attached hydrogen (secondary N) is 7. The summed E-state index contributed by atoms with van der Waals surface area (Å²) in [6.45, 7) is 12.5. The number of carbonyl (C=O) groups is 8. The van der Waals surface area contributed by atoms with Gasteiger partial charge in [0.2, 0.25) is 47.3 Å². The molecule has 8 atom stereocenters. The maximum Gasteiger partial charge on any atom is 0.245 e. The van der Waals surface area contributed by atoms with E-state index in [0.29, 0.717) is 38.8 Å². The molecule has 1 fully saturated rings. The van der Waals surface area contributed by atoms with Gasteiger partial charge in [-0.1, -0.05) is 78.3 Å². The number of likely N-dealkylation sites (N-methyl/N-ethyl adjacent to an activating group) is 1. The predicted octanol–water partition coefficient (Wildman–Crippen LogP) is -0.626. The van der Waals surface area contributed by atoms with Crippen LogP contribution in [0.5, 0.6) is 0 Å². The molecule has 8 amide bonds. The SMILES string of the molecule is CC[C@H](C)[C@H](NC(=O)[C@@H]1CCCN1CC[C@H](Cc1ccccc1)NC(=O)[C@H](CC(N)=O)NC(=O)[C@H](CC(C)C)NC(=O)[C@H](CO)NC(C)=O)C(=O)N[C@H](C(=O)NC)C(C)C. The molecule has 1 aromatic carbocycles. The molecule has 18 heteroatoms. The van der Waals surface area contributed by atoms with E-state index >= 15 is 0 Å². The molecule has 0 unspecified atom stereocenters. The van der Waals surface area contributed by atoms with Crippen molar-refractivity contribution in [3.8, 4) is 0 Å². The van der Waals surface area contributed by atoms with Crippen molar-refractivity contribution in [2.45, 2.75) is 136 Å². The van der Waals surface area contributed by atoms with Crippen LogP contribution < -0.4 is 43.0 Å². The largest absolute Gasteiger partial charge is 0.394 e. The highest BCUT2D eigenvalue weighted by Crippen LogP contribution is 2.20. The summed E-state index contributed by atoms with van der Waals surface area (Å²) in [5.74, 6) is -5.25. The van der Waals surface area contributed by atoms with Gasteiger partial charge in [0, 0.05) is 26.6 Å². The highest BCUT2D eigenvalue weighted by molar-refractivity contribution is 5.96. The Morgan fingerprint density at radius 3 is 1.95 bits per heavy atom. The highest BCUT2D eigenvalue weighted by atomic mass is 16.3. The highest BCUT2D eigenvalue weighted by Gasteiger charge is 2.37. The number of aliphatic hydroxyl groups excluding tert-OH is 1. The molecule has 10 N–H and O–H groups in total. The number of rotatable bonds is 25. The van der Waals surface area contributed by atoms with Crippen LogP contribution in [0.2, 0.25) is 0 Å². The average molecular weight is 844 g/mol. The van der Waals surface area contributed by atoms with Gasteiger partial charge in [0.15, 0.2) is 0 Å². The van der Waals surface area contributed by atoms with Crippen molar-refractivity contribution in [1.82, 2.24) is 42.1 Å². The Labute approximate surface area is 354 Å². The molecule has 0 bridgehead atoms. The van der Waals surface area contributed by atoms with Crippen molar-refractivity contribution in [1.29, 1.82) is 0 Å². The van der Waals surface area contributed by atoms with E-state index < -0.39 is 90.8 Å². The molecule has 0 aliphatic carbocycles. The third-order valence-electron chi connectivity index (χ3n) is 10.6. The molecular weight excluding hydrogens is 775 g/mol. The molecule has 0 aromatic heterocycles. The summed E-state index contributed by atoms with van der Waals surface area (Å²) in [6, 6.07) is 2.78. The van der Waals surface area contributed by atoms with Gasteiger partial charge in [-0.15, -0.1) is 0 Å². The minimum Gasteiger partial charge on any atom is -0.394 e. The van der Waals surface area contributed by atoms with Crippen LogP contribution in [0.1, 0.15) is 92.6 Å². The quantitative estimate of drug-likeness (QED) is 0.0602. The third-order valence-corrected chi connectivity index (χ3v) is 10.6. The first-order chi connectivity index (χ1) is 28.3. The fourth-order valence-electron chi connectivity index (χ4n) is 7.12. The van der Waals surface area contributed by atoms with Gasteiger partial charge in [-0.25, -0.2) is 0 Å². The summed E-state index contributed by atoms with van der Waals surface area (Å²) >= 11 is 0. The fourth-order valence-corrected chi connectivity index (χ4v) is 7.12. The first kappa shape index (κ1) is 51.0. The Balaban J connectivity index is 2.28. The molecule has 1 aliphatic heterocycles. The van der Waals surface area contributed by atoms with Gasteiger partial charge in [-0.2, -0.15) is 0 Å². The van der Waals surface area contributed by atoms with Crippen molar-refractivity contribution in [3.63, 3.8) is 0 Å². The normalized spacial score (nSPS) is 17.6. The zero-order valence-electron chi connectivity index (χ0n) is 36.5. The minimum absolute atomic E-state index is 0.103. The van der Waals surface area contributed by atoms with Gasteiger partial charge in [-0.3, -0.25) is 43.3 Å². The summed E-state index contributed by atoms with van der Waals surface area (Å²) in [5.41, 5.74) is 6.44. The number of amides is 8. The smallest absolute Gasteiger partial charge is 0.245 e. The third kappa shape index (κ3) is 16.9. The maximum absolute atomic E-state index is 13.9. The molecule has 1 heterocycles. The maximum atomic E-state index is 13.9. The molecule has 60 heavy (non-hydrogen) atoms. The number of carbonyl (C=O) groups excluding carboxylic acids is 8. The van der Waals surface area contributed by atoms with Crippen molar-refractivity contribution >= 4 is 47.3 Å². The molecule has 0 radical (unpaired) electrons. The van der Waals surface area contributed by atoms with Crippen LogP contribution in [0.4, 0.5) is 0 Å². The molecular formula is C42H69N9O9. The topological polar surface area (TPSA) is 270 Å². The molecule has 1 aliphatic rings. The Bertz CT molecular complexity index is 1610. The van der Waals surface area contributed by atoms with E-state index in [9.17, 15) is 43.5 Å². The number of hydrogen-bond acceptors (Lipinski definition) is 10. The van der Waals surface area contributed by atoms with Crippen molar-refractivity contribution < 1.29 is 43.5 Å². The van der Waals surface area contributed by atoms with Crippen LogP contribution in [-0.4, -0.2) is 126 Å². The zero-order valence-corrected chi connectivity index (χ0v) is 36.5. The van der Waals surface area contributed by atoms with E-state index in [2.05, 4.69) is 37.2 Å². The molecule has 336 valence electrons. The number of primary amides is 1. The van der Waals surface area contributed by atoms with Gasteiger partial charge in [0.05, 0.1) is 19.1 Å². The van der Waals surface area contributed by atoms with E-state index in [1.165, 1.54) is 14.0 Å². The van der Waals surface area contributed by atoms with Crippen molar-refractivity contribution in [2.75, 3.05) is 26.7 Å². The second-order valence-electron chi connectivity index (χ2n) is 16.5. The van der Waals surface area contributed by atoms with E-state index in [1.807, 2.05) is 76.8 Å². The predicted molar refractivity (Wildman–Crippen MR) is 225 cm³/mol. The van der Waals surface area contributed by atoms with Crippen LogP contribution in [0.3, 0.4) is 0 Å². The number of aliphatic hydroxyl groups is 1. The summed E-state index contributed by atoms with van der Waals surface area (Å²) in [5, 5.41) is 28.4. The monoisotopic (exact) mass is 844 g/mol. The average Bonchev–Trinajstić information content (AvgIpc) is 3.67. The summed E-state index contributed by atoms with van der Waals surface area (Å²) in [4.78, 5) is 106. The van der Waals surface area contributed by atoms with Crippen LogP contribution in [-0.2, 0) is 44.8 Å². The molecule has 2 rings (SSSR count). The van der Waals surface area contributed by atoms with Gasteiger partial charge >= 0.3 is 0 Å². The number of benzene rings is 1. The number of nitrogens with zero attached hydrogens (tertiary/aromatic N) is 1. The Kier molecular flexibility index (Phi) is 21.7. The first-order valence-electron chi connectivity index (χ1n) is 21.0.